The summed E-state index contributed by atoms with van der Waals surface area (Å²) in [5, 5.41) is 2.76. The molecule has 25 heavy (non-hydrogen) atoms. The molecule has 0 saturated carbocycles. The molecule has 130 valence electrons. The second kappa shape index (κ2) is 8.83. The van der Waals surface area contributed by atoms with Crippen LogP contribution in [0, 0.1) is 13.8 Å². The maximum atomic E-state index is 12.0. The molecule has 2 aromatic rings. The van der Waals surface area contributed by atoms with Gasteiger partial charge in [-0.05, 0) is 38.0 Å². The zero-order valence-electron chi connectivity index (χ0n) is 14.8. The fourth-order valence-corrected chi connectivity index (χ4v) is 2.24. The lowest BCUT2D eigenvalue weighted by molar-refractivity contribution is -0.150. The molecule has 0 bridgehead atoms. The van der Waals surface area contributed by atoms with Gasteiger partial charge in [0.2, 0.25) is 0 Å². The topological polar surface area (TPSA) is 55.4 Å². The van der Waals surface area contributed by atoms with E-state index in [2.05, 4.69) is 5.32 Å². The summed E-state index contributed by atoms with van der Waals surface area (Å²) >= 11 is 0. The first-order chi connectivity index (χ1) is 11.9. The molecule has 0 heterocycles. The van der Waals surface area contributed by atoms with Crippen LogP contribution < -0.4 is 5.32 Å². The fourth-order valence-electron chi connectivity index (χ4n) is 2.24. The smallest absolute Gasteiger partial charge is 0.331 e. The van der Waals surface area contributed by atoms with Gasteiger partial charge < -0.3 is 10.1 Å². The lowest BCUT2D eigenvalue weighted by Gasteiger charge is -2.12. The van der Waals surface area contributed by atoms with Crippen LogP contribution in [0.3, 0.4) is 0 Å². The molecule has 0 unspecified atom stereocenters. The average molecular weight is 337 g/mol. The van der Waals surface area contributed by atoms with Gasteiger partial charge in [-0.3, -0.25) is 4.79 Å². The number of rotatable bonds is 6. The zero-order chi connectivity index (χ0) is 18.2. The Morgan fingerprint density at radius 1 is 1.08 bits per heavy atom. The van der Waals surface area contributed by atoms with Gasteiger partial charge in [-0.15, -0.1) is 0 Å². The summed E-state index contributed by atoms with van der Waals surface area (Å²) in [7, 11) is 0. The number of nitrogens with one attached hydrogen (secondary N) is 1. The Hall–Kier alpha value is -2.88. The van der Waals surface area contributed by atoms with Crippen LogP contribution in [-0.2, 0) is 20.9 Å². The molecular formula is C21H23NO3. The number of carbonyl (C=O) groups is 2. The Kier molecular flexibility index (Phi) is 6.52. The Morgan fingerprint density at radius 3 is 2.48 bits per heavy atom. The van der Waals surface area contributed by atoms with Gasteiger partial charge in [0, 0.05) is 12.6 Å². The SMILES string of the molecule is Cc1ccc(CNC(=O)[C@H](C)OC(=O)/C=C/c2cccc(C)c2)cc1. The van der Waals surface area contributed by atoms with Crippen molar-refractivity contribution in [2.45, 2.75) is 33.4 Å². The van der Waals surface area contributed by atoms with Crippen LogP contribution in [0.2, 0.25) is 0 Å². The Morgan fingerprint density at radius 2 is 1.80 bits per heavy atom. The minimum Gasteiger partial charge on any atom is -0.449 e. The highest BCUT2D eigenvalue weighted by Crippen LogP contribution is 2.07. The highest BCUT2D eigenvalue weighted by atomic mass is 16.5. The van der Waals surface area contributed by atoms with Crippen molar-refractivity contribution >= 4 is 18.0 Å². The molecule has 0 spiro atoms. The van der Waals surface area contributed by atoms with Gasteiger partial charge in [-0.1, -0.05) is 59.7 Å². The highest BCUT2D eigenvalue weighted by molar-refractivity contribution is 5.90. The van der Waals surface area contributed by atoms with E-state index in [4.69, 9.17) is 4.74 Å². The average Bonchev–Trinajstić information content (AvgIpc) is 2.59. The third-order valence-electron chi connectivity index (χ3n) is 3.70. The largest absolute Gasteiger partial charge is 0.449 e. The molecule has 0 aliphatic heterocycles. The van der Waals surface area contributed by atoms with Crippen molar-refractivity contribution < 1.29 is 14.3 Å². The maximum absolute atomic E-state index is 12.0. The van der Waals surface area contributed by atoms with Gasteiger partial charge in [0.05, 0.1) is 0 Å². The molecule has 0 aliphatic rings. The molecule has 2 aromatic carbocycles. The monoisotopic (exact) mass is 337 g/mol. The standard InChI is InChI=1S/C21H23NO3/c1-15-7-9-19(10-8-15)14-22-21(24)17(3)25-20(23)12-11-18-6-4-5-16(2)13-18/h4-13,17H,14H2,1-3H3,(H,22,24)/b12-11+/t17-/m0/s1. The zero-order valence-corrected chi connectivity index (χ0v) is 14.8. The predicted octanol–water partition coefficient (Wildman–Crippen LogP) is 3.56. The van der Waals surface area contributed by atoms with E-state index in [0.29, 0.717) is 6.54 Å². The van der Waals surface area contributed by atoms with Crippen LogP contribution in [0.1, 0.15) is 29.2 Å². The summed E-state index contributed by atoms with van der Waals surface area (Å²) in [6.07, 6.45) is 2.16. The van der Waals surface area contributed by atoms with Crippen LogP contribution >= 0.6 is 0 Å². The molecule has 0 saturated heterocycles. The van der Waals surface area contributed by atoms with Crippen LogP contribution in [0.15, 0.2) is 54.6 Å². The molecule has 1 N–H and O–H groups in total. The van der Waals surface area contributed by atoms with Crippen molar-refractivity contribution in [2.75, 3.05) is 0 Å². The number of amides is 1. The molecular weight excluding hydrogens is 314 g/mol. The summed E-state index contributed by atoms with van der Waals surface area (Å²) in [4.78, 5) is 23.9. The van der Waals surface area contributed by atoms with Crippen molar-refractivity contribution in [1.82, 2.24) is 5.32 Å². The van der Waals surface area contributed by atoms with Crippen molar-refractivity contribution in [3.8, 4) is 0 Å². The van der Waals surface area contributed by atoms with E-state index >= 15 is 0 Å². The number of carbonyl (C=O) groups excluding carboxylic acids is 2. The van der Waals surface area contributed by atoms with E-state index in [9.17, 15) is 9.59 Å². The number of hydrogen-bond donors (Lipinski definition) is 1. The fraction of sp³-hybridized carbons (Fsp3) is 0.238. The summed E-state index contributed by atoms with van der Waals surface area (Å²) in [6.45, 7) is 5.95. The summed E-state index contributed by atoms with van der Waals surface area (Å²) in [5.41, 5.74) is 4.18. The second-order valence-electron chi connectivity index (χ2n) is 6.03. The number of hydrogen-bond acceptors (Lipinski definition) is 3. The molecule has 1 atom stereocenters. The Balaban J connectivity index is 1.81. The first-order valence-electron chi connectivity index (χ1n) is 8.22. The summed E-state index contributed by atoms with van der Waals surface area (Å²) in [5.74, 6) is -0.864. The molecule has 4 nitrogen and oxygen atoms in total. The predicted molar refractivity (Wildman–Crippen MR) is 98.8 cm³/mol. The molecule has 2 rings (SSSR count). The number of aryl methyl sites for hydroxylation is 2. The van der Waals surface area contributed by atoms with Gasteiger partial charge in [-0.2, -0.15) is 0 Å². The van der Waals surface area contributed by atoms with Crippen molar-refractivity contribution in [3.05, 3.63) is 76.9 Å². The summed E-state index contributed by atoms with van der Waals surface area (Å²) in [6, 6.07) is 15.6. The first-order valence-corrected chi connectivity index (χ1v) is 8.22. The third kappa shape index (κ3) is 6.26. The Labute approximate surface area is 148 Å². The van der Waals surface area contributed by atoms with Crippen LogP contribution in [-0.4, -0.2) is 18.0 Å². The van der Waals surface area contributed by atoms with Crippen LogP contribution in [0.25, 0.3) is 6.08 Å². The molecule has 0 aromatic heterocycles. The molecule has 1 amide bonds. The van der Waals surface area contributed by atoms with E-state index in [0.717, 1.165) is 22.3 Å². The minimum absolute atomic E-state index is 0.321. The van der Waals surface area contributed by atoms with E-state index in [1.165, 1.54) is 6.08 Å². The van der Waals surface area contributed by atoms with Crippen molar-refractivity contribution in [1.29, 1.82) is 0 Å². The Bertz CT molecular complexity index is 763. The van der Waals surface area contributed by atoms with Crippen molar-refractivity contribution in [3.63, 3.8) is 0 Å². The highest BCUT2D eigenvalue weighted by Gasteiger charge is 2.15. The maximum Gasteiger partial charge on any atom is 0.331 e. The second-order valence-corrected chi connectivity index (χ2v) is 6.03. The molecule has 0 aliphatic carbocycles. The third-order valence-corrected chi connectivity index (χ3v) is 3.70. The molecule has 4 heteroatoms. The van der Waals surface area contributed by atoms with Gasteiger partial charge in [0.25, 0.3) is 5.91 Å². The molecule has 0 fully saturated rings. The lowest BCUT2D eigenvalue weighted by Crippen LogP contribution is -2.35. The summed E-state index contributed by atoms with van der Waals surface area (Å²) < 4.78 is 5.13. The number of ether oxygens (including phenoxy) is 1. The first kappa shape index (κ1) is 18.5. The van der Waals surface area contributed by atoms with Gasteiger partial charge in [0.15, 0.2) is 6.10 Å². The quantitative estimate of drug-likeness (QED) is 0.648. The van der Waals surface area contributed by atoms with Gasteiger partial charge in [0.1, 0.15) is 0 Å². The molecule has 0 radical (unpaired) electrons. The lowest BCUT2D eigenvalue weighted by atomic mass is 10.1. The van der Waals surface area contributed by atoms with Gasteiger partial charge >= 0.3 is 5.97 Å². The van der Waals surface area contributed by atoms with E-state index < -0.39 is 12.1 Å². The van der Waals surface area contributed by atoms with Crippen LogP contribution in [0.4, 0.5) is 0 Å². The van der Waals surface area contributed by atoms with E-state index in [-0.39, 0.29) is 5.91 Å². The van der Waals surface area contributed by atoms with Gasteiger partial charge in [-0.25, -0.2) is 4.79 Å². The van der Waals surface area contributed by atoms with E-state index in [1.807, 2.05) is 62.4 Å². The number of benzene rings is 2. The normalized spacial score (nSPS) is 12.0. The van der Waals surface area contributed by atoms with E-state index in [1.54, 1.807) is 13.0 Å². The number of esters is 1. The van der Waals surface area contributed by atoms with Crippen molar-refractivity contribution in [2.24, 2.45) is 0 Å². The minimum atomic E-state index is -0.847. The van der Waals surface area contributed by atoms with Crippen LogP contribution in [0.5, 0.6) is 0 Å².